The number of aromatic amines is 1. The molecule has 0 atom stereocenters. The van der Waals surface area contributed by atoms with Crippen LogP contribution in [-0.4, -0.2) is 34.6 Å². The second-order valence-electron chi connectivity index (χ2n) is 4.98. The zero-order valence-corrected chi connectivity index (χ0v) is 11.9. The quantitative estimate of drug-likeness (QED) is 0.892. The van der Waals surface area contributed by atoms with Gasteiger partial charge < -0.3 is 10.2 Å². The second-order valence-corrected chi connectivity index (χ2v) is 5.41. The Hall–Kier alpha value is -1.85. The van der Waals surface area contributed by atoms with Crippen molar-refractivity contribution in [3.05, 3.63) is 46.1 Å². The molecule has 0 unspecified atom stereocenters. The van der Waals surface area contributed by atoms with E-state index in [-0.39, 0.29) is 5.91 Å². The van der Waals surface area contributed by atoms with Crippen molar-refractivity contribution in [1.29, 1.82) is 0 Å². The van der Waals surface area contributed by atoms with Crippen molar-refractivity contribution in [2.24, 2.45) is 0 Å². The van der Waals surface area contributed by atoms with E-state index < -0.39 is 0 Å². The fourth-order valence-corrected chi connectivity index (χ4v) is 2.46. The Morgan fingerprint density at radius 3 is 2.90 bits per heavy atom. The van der Waals surface area contributed by atoms with Crippen molar-refractivity contribution in [2.75, 3.05) is 18.9 Å². The van der Waals surface area contributed by atoms with Crippen molar-refractivity contribution in [3.63, 3.8) is 0 Å². The van der Waals surface area contributed by atoms with Gasteiger partial charge in [-0.15, -0.1) is 0 Å². The molecule has 6 heteroatoms. The molecule has 0 saturated carbocycles. The zero-order chi connectivity index (χ0) is 14.1. The first-order chi connectivity index (χ1) is 9.63. The molecule has 20 heavy (non-hydrogen) atoms. The van der Waals surface area contributed by atoms with Gasteiger partial charge in [0.05, 0.1) is 5.69 Å². The van der Waals surface area contributed by atoms with E-state index in [2.05, 4.69) is 27.5 Å². The molecule has 2 N–H and O–H groups in total. The van der Waals surface area contributed by atoms with Crippen molar-refractivity contribution in [1.82, 2.24) is 15.1 Å². The minimum absolute atomic E-state index is 0.171. The van der Waals surface area contributed by atoms with Gasteiger partial charge in [-0.1, -0.05) is 11.6 Å². The van der Waals surface area contributed by atoms with Crippen LogP contribution < -0.4 is 5.32 Å². The number of anilines is 1. The first kappa shape index (κ1) is 13.1. The van der Waals surface area contributed by atoms with Gasteiger partial charge in [0.25, 0.3) is 5.91 Å². The molecular weight excluding hydrogens is 276 g/mol. The highest BCUT2D eigenvalue weighted by atomic mass is 35.5. The van der Waals surface area contributed by atoms with Gasteiger partial charge >= 0.3 is 0 Å². The Morgan fingerprint density at radius 2 is 2.15 bits per heavy atom. The van der Waals surface area contributed by atoms with Gasteiger partial charge in [0.2, 0.25) is 0 Å². The Bertz CT molecular complexity index is 635. The monoisotopic (exact) mass is 290 g/mol. The Labute approximate surface area is 121 Å². The first-order valence-electron chi connectivity index (χ1n) is 6.45. The number of carbonyl (C=O) groups excluding carboxylic acids is 1. The molecule has 104 valence electrons. The van der Waals surface area contributed by atoms with E-state index in [0.29, 0.717) is 16.4 Å². The van der Waals surface area contributed by atoms with Gasteiger partial charge in [-0.25, -0.2) is 0 Å². The van der Waals surface area contributed by atoms with E-state index in [4.69, 9.17) is 11.6 Å². The van der Waals surface area contributed by atoms with Crippen LogP contribution in [0.1, 0.15) is 21.6 Å². The highest BCUT2D eigenvalue weighted by Gasteiger charge is 2.21. The zero-order valence-electron chi connectivity index (χ0n) is 11.1. The molecule has 1 amide bonds. The van der Waals surface area contributed by atoms with Crippen LogP contribution in [0, 0.1) is 0 Å². The molecule has 1 aliphatic rings. The Balaban J connectivity index is 1.78. The van der Waals surface area contributed by atoms with Crippen LogP contribution in [0.2, 0.25) is 5.02 Å². The van der Waals surface area contributed by atoms with Crippen LogP contribution in [0.5, 0.6) is 0 Å². The SMILES string of the molecule is CN1CCc2c(NC(=O)c3ccc(Cl)cc3)n[nH]c2C1. The maximum Gasteiger partial charge on any atom is 0.256 e. The van der Waals surface area contributed by atoms with Crippen molar-refractivity contribution < 1.29 is 4.79 Å². The number of carbonyl (C=O) groups is 1. The average molecular weight is 291 g/mol. The third kappa shape index (κ3) is 2.55. The van der Waals surface area contributed by atoms with E-state index in [0.717, 1.165) is 30.8 Å². The van der Waals surface area contributed by atoms with Crippen LogP contribution in [0.4, 0.5) is 5.82 Å². The number of aromatic nitrogens is 2. The number of hydrogen-bond acceptors (Lipinski definition) is 3. The summed E-state index contributed by atoms with van der Waals surface area (Å²) in [6.07, 6.45) is 0.887. The van der Waals surface area contributed by atoms with Gasteiger partial charge in [0.15, 0.2) is 5.82 Å². The summed E-state index contributed by atoms with van der Waals surface area (Å²) >= 11 is 5.81. The molecule has 2 aromatic rings. The number of hydrogen-bond donors (Lipinski definition) is 2. The fraction of sp³-hybridized carbons (Fsp3) is 0.286. The van der Waals surface area contributed by atoms with E-state index >= 15 is 0 Å². The third-order valence-electron chi connectivity index (χ3n) is 3.46. The predicted octanol–water partition coefficient (Wildman–Crippen LogP) is 2.30. The molecule has 2 heterocycles. The molecule has 1 aliphatic heterocycles. The number of likely N-dealkylation sites (N-methyl/N-ethyl adjacent to an activating group) is 1. The number of fused-ring (bicyclic) bond motifs is 1. The molecule has 1 aromatic carbocycles. The molecule has 0 fully saturated rings. The van der Waals surface area contributed by atoms with Crippen molar-refractivity contribution in [3.8, 4) is 0 Å². The summed E-state index contributed by atoms with van der Waals surface area (Å²) in [5.41, 5.74) is 2.75. The lowest BCUT2D eigenvalue weighted by atomic mass is 10.1. The van der Waals surface area contributed by atoms with E-state index in [1.165, 1.54) is 0 Å². The standard InChI is InChI=1S/C14H15ClN4O/c1-19-7-6-11-12(8-19)17-18-13(11)16-14(20)9-2-4-10(15)5-3-9/h2-5H,6-8H2,1H3,(H2,16,17,18,20). The summed E-state index contributed by atoms with van der Waals surface area (Å²) in [7, 11) is 2.07. The van der Waals surface area contributed by atoms with Gasteiger partial charge in [-0.2, -0.15) is 5.10 Å². The summed E-state index contributed by atoms with van der Waals surface area (Å²) in [5, 5.41) is 10.7. The van der Waals surface area contributed by atoms with Gasteiger partial charge in [-0.3, -0.25) is 9.89 Å². The Morgan fingerprint density at radius 1 is 1.40 bits per heavy atom. The van der Waals surface area contributed by atoms with E-state index in [1.807, 2.05) is 0 Å². The lowest BCUT2D eigenvalue weighted by Gasteiger charge is -2.21. The number of nitrogens with zero attached hydrogens (tertiary/aromatic N) is 2. The summed E-state index contributed by atoms with van der Waals surface area (Å²) in [6.45, 7) is 1.80. The molecule has 5 nitrogen and oxygen atoms in total. The summed E-state index contributed by atoms with van der Waals surface area (Å²) < 4.78 is 0. The molecular formula is C14H15ClN4O. The molecule has 1 aromatic heterocycles. The summed E-state index contributed by atoms with van der Waals surface area (Å²) in [6, 6.07) is 6.80. The molecule has 0 spiro atoms. The predicted molar refractivity (Wildman–Crippen MR) is 78.0 cm³/mol. The second kappa shape index (κ2) is 5.26. The number of amides is 1. The van der Waals surface area contributed by atoms with E-state index in [9.17, 15) is 4.79 Å². The van der Waals surface area contributed by atoms with E-state index in [1.54, 1.807) is 24.3 Å². The summed E-state index contributed by atoms with van der Waals surface area (Å²) in [5.74, 6) is 0.461. The number of nitrogens with one attached hydrogen (secondary N) is 2. The topological polar surface area (TPSA) is 61.0 Å². The van der Waals surface area contributed by atoms with Crippen molar-refractivity contribution in [2.45, 2.75) is 13.0 Å². The minimum atomic E-state index is -0.171. The van der Waals surface area contributed by atoms with Crippen LogP contribution in [0.25, 0.3) is 0 Å². The van der Waals surface area contributed by atoms with Crippen LogP contribution in [-0.2, 0) is 13.0 Å². The highest BCUT2D eigenvalue weighted by molar-refractivity contribution is 6.30. The van der Waals surface area contributed by atoms with Crippen molar-refractivity contribution >= 4 is 23.3 Å². The first-order valence-corrected chi connectivity index (χ1v) is 6.83. The maximum atomic E-state index is 12.2. The fourth-order valence-electron chi connectivity index (χ4n) is 2.34. The Kier molecular flexibility index (Phi) is 3.46. The largest absolute Gasteiger partial charge is 0.305 e. The smallest absolute Gasteiger partial charge is 0.256 e. The molecule has 0 aliphatic carbocycles. The van der Waals surface area contributed by atoms with Crippen LogP contribution in [0.3, 0.4) is 0 Å². The van der Waals surface area contributed by atoms with Gasteiger partial charge in [0, 0.05) is 29.2 Å². The third-order valence-corrected chi connectivity index (χ3v) is 3.71. The lowest BCUT2D eigenvalue weighted by Crippen LogP contribution is -2.26. The van der Waals surface area contributed by atoms with Gasteiger partial charge in [-0.05, 0) is 37.7 Å². The average Bonchev–Trinajstić information content (AvgIpc) is 2.81. The van der Waals surface area contributed by atoms with Gasteiger partial charge in [0.1, 0.15) is 0 Å². The molecule has 0 bridgehead atoms. The normalized spacial score (nSPS) is 14.9. The summed E-state index contributed by atoms with van der Waals surface area (Å²) in [4.78, 5) is 14.4. The number of benzene rings is 1. The number of H-pyrrole nitrogens is 1. The molecule has 0 saturated heterocycles. The maximum absolute atomic E-state index is 12.2. The lowest BCUT2D eigenvalue weighted by molar-refractivity contribution is 0.102. The van der Waals surface area contributed by atoms with Crippen LogP contribution >= 0.6 is 11.6 Å². The number of halogens is 1. The van der Waals surface area contributed by atoms with Crippen LogP contribution in [0.15, 0.2) is 24.3 Å². The molecule has 3 rings (SSSR count). The minimum Gasteiger partial charge on any atom is -0.305 e. The number of rotatable bonds is 2. The molecule has 0 radical (unpaired) electrons. The highest BCUT2D eigenvalue weighted by Crippen LogP contribution is 2.23.